The molecule has 1 aromatic carbocycles. The van der Waals surface area contributed by atoms with Gasteiger partial charge in [-0.05, 0) is 36.1 Å². The van der Waals surface area contributed by atoms with Crippen molar-refractivity contribution in [2.24, 2.45) is 0 Å². The molecule has 1 aromatic rings. The van der Waals surface area contributed by atoms with Crippen LogP contribution < -0.4 is 0 Å². The van der Waals surface area contributed by atoms with Crippen LogP contribution in [-0.2, 0) is 5.41 Å². The molecular weight excluding hydrogens is 228 g/mol. The van der Waals surface area contributed by atoms with Gasteiger partial charge in [0.2, 0.25) is 0 Å². The molecule has 1 aliphatic carbocycles. The van der Waals surface area contributed by atoms with Gasteiger partial charge in [0.25, 0.3) is 0 Å². The summed E-state index contributed by atoms with van der Waals surface area (Å²) in [5.74, 6) is 0. The highest BCUT2D eigenvalue weighted by atomic mass is 14.4. The van der Waals surface area contributed by atoms with Gasteiger partial charge in [-0.1, -0.05) is 76.3 Å². The largest absolute Gasteiger partial charge is 0.0988 e. The van der Waals surface area contributed by atoms with E-state index < -0.39 is 0 Å². The number of allylic oxidation sites excluding steroid dienone is 5. The molecule has 0 fully saturated rings. The SMILES string of the molecule is C=C/C(C)=C\C1=C(C)c2ccccc2C1(C)C.CC. The summed E-state index contributed by atoms with van der Waals surface area (Å²) in [6, 6.07) is 8.70. The van der Waals surface area contributed by atoms with Gasteiger partial charge in [-0.2, -0.15) is 0 Å². The molecule has 0 amide bonds. The molecule has 19 heavy (non-hydrogen) atoms. The number of rotatable bonds is 2. The molecular formula is C19H26. The summed E-state index contributed by atoms with van der Waals surface area (Å²) < 4.78 is 0. The summed E-state index contributed by atoms with van der Waals surface area (Å²) in [4.78, 5) is 0. The van der Waals surface area contributed by atoms with Crippen molar-refractivity contribution in [1.82, 2.24) is 0 Å². The Balaban J connectivity index is 0.000000861. The van der Waals surface area contributed by atoms with E-state index >= 15 is 0 Å². The van der Waals surface area contributed by atoms with Crippen LogP contribution in [0.2, 0.25) is 0 Å². The fourth-order valence-electron chi connectivity index (χ4n) is 2.69. The van der Waals surface area contributed by atoms with Gasteiger partial charge in [0.15, 0.2) is 0 Å². The number of fused-ring (bicyclic) bond motifs is 1. The maximum atomic E-state index is 3.83. The van der Waals surface area contributed by atoms with Gasteiger partial charge in [-0.25, -0.2) is 0 Å². The smallest absolute Gasteiger partial charge is 0.0155 e. The molecule has 0 heterocycles. The summed E-state index contributed by atoms with van der Waals surface area (Å²) in [5.41, 5.74) is 6.95. The Hall–Kier alpha value is -1.56. The lowest BCUT2D eigenvalue weighted by Gasteiger charge is -2.23. The van der Waals surface area contributed by atoms with Crippen molar-refractivity contribution >= 4 is 5.57 Å². The highest BCUT2D eigenvalue weighted by Crippen LogP contribution is 2.46. The third kappa shape index (κ3) is 2.73. The zero-order valence-corrected chi connectivity index (χ0v) is 13.2. The lowest BCUT2D eigenvalue weighted by Crippen LogP contribution is -2.16. The van der Waals surface area contributed by atoms with Crippen molar-refractivity contribution in [2.75, 3.05) is 0 Å². The van der Waals surface area contributed by atoms with Crippen LogP contribution in [0.25, 0.3) is 5.57 Å². The maximum absolute atomic E-state index is 3.83. The zero-order valence-electron chi connectivity index (χ0n) is 13.2. The first-order valence-electron chi connectivity index (χ1n) is 7.10. The van der Waals surface area contributed by atoms with Crippen LogP contribution in [0.1, 0.15) is 52.7 Å². The van der Waals surface area contributed by atoms with E-state index in [1.165, 1.54) is 27.8 Å². The Morgan fingerprint density at radius 3 is 2.26 bits per heavy atom. The van der Waals surface area contributed by atoms with E-state index in [1.54, 1.807) is 0 Å². The molecule has 0 aliphatic heterocycles. The third-order valence-electron chi connectivity index (χ3n) is 3.78. The average Bonchev–Trinajstić information content (AvgIpc) is 2.63. The Morgan fingerprint density at radius 2 is 1.74 bits per heavy atom. The van der Waals surface area contributed by atoms with E-state index in [4.69, 9.17) is 0 Å². The van der Waals surface area contributed by atoms with Gasteiger partial charge in [-0.3, -0.25) is 0 Å². The molecule has 2 rings (SSSR count). The molecule has 102 valence electrons. The first-order chi connectivity index (χ1) is 8.98. The summed E-state index contributed by atoms with van der Waals surface area (Å²) in [6.07, 6.45) is 4.18. The van der Waals surface area contributed by atoms with Gasteiger partial charge in [0.05, 0.1) is 0 Å². The van der Waals surface area contributed by atoms with Crippen molar-refractivity contribution in [3.63, 3.8) is 0 Å². The fraction of sp³-hybridized carbons (Fsp3) is 0.368. The minimum Gasteiger partial charge on any atom is -0.0988 e. The summed E-state index contributed by atoms with van der Waals surface area (Å²) in [5, 5.41) is 0. The molecule has 0 saturated heterocycles. The molecule has 0 heteroatoms. The first kappa shape index (κ1) is 15.5. The average molecular weight is 254 g/mol. The fourth-order valence-corrected chi connectivity index (χ4v) is 2.69. The molecule has 0 radical (unpaired) electrons. The normalized spacial score (nSPS) is 16.6. The van der Waals surface area contributed by atoms with E-state index in [0.29, 0.717) is 0 Å². The summed E-state index contributed by atoms with van der Waals surface area (Å²) in [7, 11) is 0. The molecule has 1 aliphatic rings. The quantitative estimate of drug-likeness (QED) is 0.575. The van der Waals surface area contributed by atoms with Crippen molar-refractivity contribution < 1.29 is 0 Å². The number of hydrogen-bond acceptors (Lipinski definition) is 0. The van der Waals surface area contributed by atoms with E-state index in [9.17, 15) is 0 Å². The first-order valence-corrected chi connectivity index (χ1v) is 7.10. The van der Waals surface area contributed by atoms with Crippen molar-refractivity contribution in [2.45, 2.75) is 47.0 Å². The lowest BCUT2D eigenvalue weighted by atomic mass is 9.80. The predicted octanol–water partition coefficient (Wildman–Crippen LogP) is 5.91. The van der Waals surface area contributed by atoms with Crippen LogP contribution in [0, 0.1) is 0 Å². The monoisotopic (exact) mass is 254 g/mol. The highest BCUT2D eigenvalue weighted by molar-refractivity contribution is 5.81. The van der Waals surface area contributed by atoms with E-state index in [2.05, 4.69) is 64.6 Å². The summed E-state index contributed by atoms with van der Waals surface area (Å²) >= 11 is 0. The maximum Gasteiger partial charge on any atom is 0.0155 e. The van der Waals surface area contributed by atoms with Gasteiger partial charge in [0, 0.05) is 5.41 Å². The van der Waals surface area contributed by atoms with Gasteiger partial charge in [-0.15, -0.1) is 0 Å². The van der Waals surface area contributed by atoms with E-state index in [1.807, 2.05) is 19.9 Å². The second-order valence-electron chi connectivity index (χ2n) is 5.30. The van der Waals surface area contributed by atoms with Crippen LogP contribution in [-0.4, -0.2) is 0 Å². The summed E-state index contributed by atoms with van der Waals surface area (Å²) in [6.45, 7) is 16.7. The molecule has 0 atom stereocenters. The number of benzene rings is 1. The molecule has 0 aromatic heterocycles. The van der Waals surface area contributed by atoms with E-state index in [-0.39, 0.29) is 5.41 Å². The van der Waals surface area contributed by atoms with E-state index in [0.717, 1.165) is 0 Å². The predicted molar refractivity (Wildman–Crippen MR) is 87.4 cm³/mol. The Bertz CT molecular complexity index is 525. The van der Waals surface area contributed by atoms with Gasteiger partial charge < -0.3 is 0 Å². The molecule has 0 saturated carbocycles. The molecule has 0 unspecified atom stereocenters. The molecule has 0 bridgehead atoms. The minimum absolute atomic E-state index is 0.102. The van der Waals surface area contributed by atoms with Crippen LogP contribution in [0.3, 0.4) is 0 Å². The minimum atomic E-state index is 0.102. The topological polar surface area (TPSA) is 0 Å². The van der Waals surface area contributed by atoms with Gasteiger partial charge in [0.1, 0.15) is 0 Å². The molecule has 0 spiro atoms. The van der Waals surface area contributed by atoms with Crippen LogP contribution in [0.15, 0.2) is 54.1 Å². The standard InChI is InChI=1S/C17H20.C2H6/c1-6-12(2)11-16-13(3)14-9-7-8-10-15(14)17(16,4)5;1-2/h6-11H,1H2,2-5H3;1-2H3/b12-11-;. The van der Waals surface area contributed by atoms with Crippen LogP contribution in [0.4, 0.5) is 0 Å². The lowest BCUT2D eigenvalue weighted by molar-refractivity contribution is 0.653. The molecule has 0 N–H and O–H groups in total. The Labute approximate surface area is 118 Å². The van der Waals surface area contributed by atoms with Gasteiger partial charge >= 0.3 is 0 Å². The third-order valence-corrected chi connectivity index (χ3v) is 3.78. The second-order valence-corrected chi connectivity index (χ2v) is 5.30. The highest BCUT2D eigenvalue weighted by Gasteiger charge is 2.34. The zero-order chi connectivity index (χ0) is 14.6. The Kier molecular flexibility index (Phi) is 4.94. The molecule has 0 nitrogen and oxygen atoms in total. The second kappa shape index (κ2) is 6.06. The van der Waals surface area contributed by atoms with Crippen molar-refractivity contribution in [3.8, 4) is 0 Å². The van der Waals surface area contributed by atoms with Crippen LogP contribution in [0.5, 0.6) is 0 Å². The van der Waals surface area contributed by atoms with Crippen molar-refractivity contribution in [3.05, 3.63) is 65.3 Å². The Morgan fingerprint density at radius 1 is 1.16 bits per heavy atom. The number of hydrogen-bond donors (Lipinski definition) is 0. The van der Waals surface area contributed by atoms with Crippen molar-refractivity contribution in [1.29, 1.82) is 0 Å². The van der Waals surface area contributed by atoms with Crippen LogP contribution >= 0.6 is 0 Å².